The molecule has 4 unspecified atom stereocenters. The van der Waals surface area contributed by atoms with Crippen molar-refractivity contribution in [2.45, 2.75) is 58.7 Å². The molecule has 0 amide bonds. The van der Waals surface area contributed by atoms with Crippen molar-refractivity contribution in [1.29, 1.82) is 0 Å². The summed E-state index contributed by atoms with van der Waals surface area (Å²) in [5.74, 6) is 0.857. The quantitative estimate of drug-likeness (QED) is 0.747. The van der Waals surface area contributed by atoms with Crippen LogP contribution in [0.2, 0.25) is 0 Å². The van der Waals surface area contributed by atoms with Crippen LogP contribution in [0.25, 0.3) is 0 Å². The summed E-state index contributed by atoms with van der Waals surface area (Å²) in [7, 11) is 2.05. The van der Waals surface area contributed by atoms with E-state index in [0.29, 0.717) is 12.1 Å². The summed E-state index contributed by atoms with van der Waals surface area (Å²) in [6, 6.07) is 1.98. The van der Waals surface area contributed by atoms with E-state index in [2.05, 4.69) is 45.0 Å². The summed E-state index contributed by atoms with van der Waals surface area (Å²) in [6.45, 7) is 10.7. The molecule has 84 valence electrons. The summed E-state index contributed by atoms with van der Waals surface area (Å²) < 4.78 is 0. The van der Waals surface area contributed by atoms with E-state index in [1.165, 1.54) is 19.4 Å². The Balaban J connectivity index is 2.57. The normalized spacial score (nSPS) is 34.1. The Kier molecular flexibility index (Phi) is 4.39. The Morgan fingerprint density at radius 2 is 1.93 bits per heavy atom. The highest BCUT2D eigenvalue weighted by Crippen LogP contribution is 2.25. The first-order valence-electron chi connectivity index (χ1n) is 6.01. The minimum absolute atomic E-state index is 0.586. The zero-order chi connectivity index (χ0) is 10.7. The van der Waals surface area contributed by atoms with Gasteiger partial charge in [0.05, 0.1) is 0 Å². The van der Waals surface area contributed by atoms with E-state index in [9.17, 15) is 0 Å². The van der Waals surface area contributed by atoms with Crippen LogP contribution in [-0.4, -0.2) is 36.6 Å². The molecule has 0 aromatic rings. The molecule has 0 spiro atoms. The summed E-state index contributed by atoms with van der Waals surface area (Å²) in [5.41, 5.74) is 0. The first-order valence-corrected chi connectivity index (χ1v) is 6.01. The van der Waals surface area contributed by atoms with Gasteiger partial charge in [0.1, 0.15) is 0 Å². The molecule has 2 nitrogen and oxygen atoms in total. The van der Waals surface area contributed by atoms with Crippen LogP contribution in [0.3, 0.4) is 0 Å². The van der Waals surface area contributed by atoms with Gasteiger partial charge in [-0.1, -0.05) is 6.92 Å². The molecular weight excluding hydrogens is 172 g/mol. The number of hydrogen-bond donors (Lipinski definition) is 1. The summed E-state index contributed by atoms with van der Waals surface area (Å²) in [5, 5.41) is 3.36. The Morgan fingerprint density at radius 3 is 2.50 bits per heavy atom. The van der Waals surface area contributed by atoms with Gasteiger partial charge in [-0.3, -0.25) is 4.90 Å². The number of piperidine rings is 1. The van der Waals surface area contributed by atoms with Gasteiger partial charge < -0.3 is 5.32 Å². The molecule has 1 N–H and O–H groups in total. The van der Waals surface area contributed by atoms with Gasteiger partial charge in [0.2, 0.25) is 0 Å². The van der Waals surface area contributed by atoms with Crippen molar-refractivity contribution < 1.29 is 0 Å². The molecule has 1 heterocycles. The van der Waals surface area contributed by atoms with E-state index in [-0.39, 0.29) is 0 Å². The Bertz CT molecular complexity index is 170. The van der Waals surface area contributed by atoms with Crippen LogP contribution in [-0.2, 0) is 0 Å². The van der Waals surface area contributed by atoms with Crippen molar-refractivity contribution in [3.8, 4) is 0 Å². The third kappa shape index (κ3) is 2.48. The molecule has 0 saturated carbocycles. The standard InChI is InChI=1S/C12H26N2/c1-9-7-6-8-14(11(9)3)12(4)10(2)13-5/h9-13H,6-8H2,1-5H3. The Morgan fingerprint density at radius 1 is 1.29 bits per heavy atom. The van der Waals surface area contributed by atoms with E-state index >= 15 is 0 Å². The lowest BCUT2D eigenvalue weighted by Gasteiger charge is -2.43. The molecule has 1 rings (SSSR count). The van der Waals surface area contributed by atoms with Gasteiger partial charge in [-0.25, -0.2) is 0 Å². The highest BCUT2D eigenvalue weighted by Gasteiger charge is 2.29. The van der Waals surface area contributed by atoms with Crippen LogP contribution in [0.4, 0.5) is 0 Å². The monoisotopic (exact) mass is 198 g/mol. The second kappa shape index (κ2) is 5.13. The lowest BCUT2D eigenvalue weighted by molar-refractivity contribution is 0.0620. The highest BCUT2D eigenvalue weighted by molar-refractivity contribution is 4.85. The van der Waals surface area contributed by atoms with Gasteiger partial charge in [-0.15, -0.1) is 0 Å². The molecule has 0 radical (unpaired) electrons. The van der Waals surface area contributed by atoms with Crippen molar-refractivity contribution in [2.75, 3.05) is 13.6 Å². The van der Waals surface area contributed by atoms with Gasteiger partial charge in [0.25, 0.3) is 0 Å². The average molecular weight is 198 g/mol. The maximum Gasteiger partial charge on any atom is 0.0221 e. The number of likely N-dealkylation sites (tertiary alicyclic amines) is 1. The smallest absolute Gasteiger partial charge is 0.0221 e. The van der Waals surface area contributed by atoms with Crippen molar-refractivity contribution in [3.05, 3.63) is 0 Å². The Hall–Kier alpha value is -0.0800. The van der Waals surface area contributed by atoms with E-state index in [4.69, 9.17) is 0 Å². The van der Waals surface area contributed by atoms with E-state index < -0.39 is 0 Å². The van der Waals surface area contributed by atoms with Crippen molar-refractivity contribution in [2.24, 2.45) is 5.92 Å². The second-order valence-electron chi connectivity index (χ2n) is 4.92. The molecule has 0 bridgehead atoms. The molecule has 0 aliphatic carbocycles. The van der Waals surface area contributed by atoms with E-state index in [1.807, 2.05) is 0 Å². The topological polar surface area (TPSA) is 15.3 Å². The van der Waals surface area contributed by atoms with Crippen LogP contribution >= 0.6 is 0 Å². The molecule has 4 atom stereocenters. The van der Waals surface area contributed by atoms with Gasteiger partial charge in [-0.05, 0) is 53.1 Å². The highest BCUT2D eigenvalue weighted by atomic mass is 15.2. The summed E-state index contributed by atoms with van der Waals surface area (Å²) in [6.07, 6.45) is 2.77. The van der Waals surface area contributed by atoms with Crippen molar-refractivity contribution in [1.82, 2.24) is 10.2 Å². The number of likely N-dealkylation sites (N-methyl/N-ethyl adjacent to an activating group) is 1. The second-order valence-corrected chi connectivity index (χ2v) is 4.92. The molecule has 0 aromatic carbocycles. The molecule has 0 aromatic heterocycles. The number of nitrogens with zero attached hydrogens (tertiary/aromatic N) is 1. The van der Waals surface area contributed by atoms with E-state index in [1.54, 1.807) is 0 Å². The first-order chi connectivity index (χ1) is 6.57. The first kappa shape index (κ1) is 12.0. The van der Waals surface area contributed by atoms with Crippen molar-refractivity contribution >= 4 is 0 Å². The summed E-state index contributed by atoms with van der Waals surface area (Å²) >= 11 is 0. The SMILES string of the molecule is CNC(C)C(C)N1CCCC(C)C1C. The van der Waals surface area contributed by atoms with Crippen LogP contribution in [0.5, 0.6) is 0 Å². The van der Waals surface area contributed by atoms with Crippen LogP contribution < -0.4 is 5.32 Å². The minimum Gasteiger partial charge on any atom is -0.316 e. The zero-order valence-electron chi connectivity index (χ0n) is 10.4. The molecular formula is C12H26N2. The third-order valence-electron chi connectivity index (χ3n) is 4.12. The molecule has 14 heavy (non-hydrogen) atoms. The van der Waals surface area contributed by atoms with Gasteiger partial charge in [-0.2, -0.15) is 0 Å². The largest absolute Gasteiger partial charge is 0.316 e. The zero-order valence-corrected chi connectivity index (χ0v) is 10.4. The van der Waals surface area contributed by atoms with E-state index in [0.717, 1.165) is 12.0 Å². The summed E-state index contributed by atoms with van der Waals surface area (Å²) in [4.78, 5) is 2.66. The maximum atomic E-state index is 3.36. The molecule has 1 aliphatic rings. The average Bonchev–Trinajstić information content (AvgIpc) is 2.20. The molecule has 1 fully saturated rings. The van der Waals surface area contributed by atoms with Crippen LogP contribution in [0.15, 0.2) is 0 Å². The number of nitrogens with one attached hydrogen (secondary N) is 1. The molecule has 2 heteroatoms. The molecule has 1 saturated heterocycles. The number of hydrogen-bond acceptors (Lipinski definition) is 2. The van der Waals surface area contributed by atoms with Gasteiger partial charge in [0.15, 0.2) is 0 Å². The van der Waals surface area contributed by atoms with Crippen LogP contribution in [0.1, 0.15) is 40.5 Å². The minimum atomic E-state index is 0.586. The fourth-order valence-corrected chi connectivity index (χ4v) is 2.47. The maximum absolute atomic E-state index is 3.36. The predicted molar refractivity (Wildman–Crippen MR) is 62.5 cm³/mol. The van der Waals surface area contributed by atoms with Crippen LogP contribution in [0, 0.1) is 5.92 Å². The fourth-order valence-electron chi connectivity index (χ4n) is 2.47. The fraction of sp³-hybridized carbons (Fsp3) is 1.00. The molecule has 1 aliphatic heterocycles. The van der Waals surface area contributed by atoms with Gasteiger partial charge in [0, 0.05) is 18.1 Å². The van der Waals surface area contributed by atoms with Gasteiger partial charge >= 0.3 is 0 Å². The third-order valence-corrected chi connectivity index (χ3v) is 4.12. The predicted octanol–water partition coefficient (Wildman–Crippen LogP) is 2.10. The number of rotatable bonds is 3. The Labute approximate surface area is 89.1 Å². The lowest BCUT2D eigenvalue weighted by Crippen LogP contribution is -2.53. The van der Waals surface area contributed by atoms with Crippen molar-refractivity contribution in [3.63, 3.8) is 0 Å². The lowest BCUT2D eigenvalue weighted by atomic mass is 9.90.